The van der Waals surface area contributed by atoms with Crippen LogP contribution in [0.1, 0.15) is 156 Å². The van der Waals surface area contributed by atoms with E-state index in [9.17, 15) is 29.4 Å². The van der Waals surface area contributed by atoms with Crippen molar-refractivity contribution in [3.05, 3.63) is 106 Å². The van der Waals surface area contributed by atoms with E-state index in [4.69, 9.17) is 0 Å². The van der Waals surface area contributed by atoms with E-state index < -0.39 is 22.8 Å². The summed E-state index contributed by atoms with van der Waals surface area (Å²) < 4.78 is 0. The molecule has 12 nitrogen and oxygen atoms in total. The van der Waals surface area contributed by atoms with Gasteiger partial charge in [0, 0.05) is 47.9 Å². The van der Waals surface area contributed by atoms with Crippen LogP contribution >= 0.6 is 0 Å². The van der Waals surface area contributed by atoms with Gasteiger partial charge >= 0.3 is 11.9 Å². The fourth-order valence-electron chi connectivity index (χ4n) is 12.4. The summed E-state index contributed by atoms with van der Waals surface area (Å²) in [5, 5.41) is 26.2. The molecule has 12 heteroatoms. The van der Waals surface area contributed by atoms with Crippen LogP contribution in [0.5, 0.6) is 0 Å². The minimum absolute atomic E-state index is 0.102. The second-order valence-corrected chi connectivity index (χ2v) is 20.6. The Morgan fingerprint density at radius 1 is 0.609 bits per heavy atom. The Morgan fingerprint density at radius 3 is 1.31 bits per heavy atom. The predicted octanol–water partition coefficient (Wildman–Crippen LogP) is 9.46. The first-order chi connectivity index (χ1) is 30.6. The van der Waals surface area contributed by atoms with Gasteiger partial charge < -0.3 is 20.8 Å². The molecule has 0 unspecified atom stereocenters. The van der Waals surface area contributed by atoms with Crippen molar-refractivity contribution in [2.24, 2.45) is 10.8 Å². The van der Waals surface area contributed by atoms with Gasteiger partial charge in [0.2, 0.25) is 0 Å². The lowest BCUT2D eigenvalue weighted by atomic mass is 9.84. The molecule has 64 heavy (non-hydrogen) atoms. The van der Waals surface area contributed by atoms with Gasteiger partial charge in [0.15, 0.2) is 0 Å². The molecule has 6 saturated carbocycles. The van der Waals surface area contributed by atoms with Gasteiger partial charge in [-0.2, -0.15) is 0 Å². The van der Waals surface area contributed by atoms with Crippen LogP contribution in [-0.4, -0.2) is 78.9 Å². The Kier molecular flexibility index (Phi) is 10.4. The highest BCUT2D eigenvalue weighted by molar-refractivity contribution is 6.05. The summed E-state index contributed by atoms with van der Waals surface area (Å²) in [6.45, 7) is 5.34. The molecule has 0 saturated heterocycles. The lowest BCUT2D eigenvalue weighted by Gasteiger charge is -2.37. The van der Waals surface area contributed by atoms with Crippen LogP contribution < -0.4 is 10.6 Å². The quantitative estimate of drug-likeness (QED) is 0.0905. The summed E-state index contributed by atoms with van der Waals surface area (Å²) in [5.74, 6) is -1.07. The van der Waals surface area contributed by atoms with Gasteiger partial charge in [0.05, 0.1) is 10.8 Å². The van der Waals surface area contributed by atoms with Crippen molar-refractivity contribution in [2.75, 3.05) is 24.7 Å². The maximum absolute atomic E-state index is 13.9. The third-order valence-corrected chi connectivity index (χ3v) is 17.0. The molecule has 334 valence electrons. The van der Waals surface area contributed by atoms with E-state index in [2.05, 4.69) is 44.5 Å². The van der Waals surface area contributed by atoms with E-state index in [1.165, 1.54) is 0 Å². The summed E-state index contributed by atoms with van der Waals surface area (Å²) in [7, 11) is 4.23. The molecular formula is C52H60N6O6. The van der Waals surface area contributed by atoms with Crippen molar-refractivity contribution in [2.45, 2.75) is 140 Å². The standard InChI is InChI=1S/C52H60N6O6/c1-31-37(7-5-9-41(31)55-45(59)43-23-39(33-11-12-33)35(25-53-43)27-57(3)51-19-15-49(29-51,16-20-51)47(61)62)38-8-6-10-42(32(38)2)56-46(60)44-24-40(34-13-14-34)36(26-54-44)28-58(4)52-21-17-50(30-52,18-22-52)48(63)64/h5-10,23-26,33-34H,11-22,27-30H2,1-4H3,(H,55,59)(H,56,60)(H,61,62)(H,63,64). The van der Waals surface area contributed by atoms with E-state index in [1.807, 2.05) is 74.8 Å². The topological polar surface area (TPSA) is 165 Å². The number of carboxylic acids is 2. The number of amides is 2. The van der Waals surface area contributed by atoms with Crippen LogP contribution in [0.4, 0.5) is 11.4 Å². The lowest BCUT2D eigenvalue weighted by molar-refractivity contribution is -0.149. The van der Waals surface area contributed by atoms with Crippen LogP contribution in [0.3, 0.4) is 0 Å². The first-order valence-electron chi connectivity index (χ1n) is 23.3. The number of benzene rings is 2. The van der Waals surface area contributed by atoms with E-state index in [0.29, 0.717) is 60.5 Å². The number of hydrogen-bond donors (Lipinski definition) is 4. The van der Waals surface area contributed by atoms with Crippen molar-refractivity contribution >= 4 is 35.1 Å². The second kappa shape index (κ2) is 15.6. The number of carbonyl (C=O) groups is 4. The number of carboxylic acid groups (broad SMARTS) is 2. The van der Waals surface area contributed by atoms with Crippen LogP contribution in [0, 0.1) is 24.7 Å². The molecule has 2 amide bonds. The highest BCUT2D eigenvalue weighted by Crippen LogP contribution is 2.60. The van der Waals surface area contributed by atoms with Crippen LogP contribution in [0.15, 0.2) is 60.9 Å². The van der Waals surface area contributed by atoms with E-state index in [-0.39, 0.29) is 22.9 Å². The van der Waals surface area contributed by atoms with E-state index in [0.717, 1.165) is 122 Å². The van der Waals surface area contributed by atoms with Gasteiger partial charge in [-0.1, -0.05) is 24.3 Å². The van der Waals surface area contributed by atoms with Crippen LogP contribution in [0.25, 0.3) is 11.1 Å². The molecule has 6 aliphatic carbocycles. The molecular weight excluding hydrogens is 805 g/mol. The Morgan fingerprint density at radius 2 is 0.984 bits per heavy atom. The summed E-state index contributed by atoms with van der Waals surface area (Å²) in [6, 6.07) is 15.6. The van der Waals surface area contributed by atoms with Crippen molar-refractivity contribution in [3.8, 4) is 11.1 Å². The number of nitrogens with one attached hydrogen (secondary N) is 2. The van der Waals surface area contributed by atoms with E-state index in [1.54, 1.807) is 0 Å². The number of nitrogens with zero attached hydrogens (tertiary/aromatic N) is 4. The monoisotopic (exact) mass is 864 g/mol. The summed E-state index contributed by atoms with van der Waals surface area (Å²) >= 11 is 0. The van der Waals surface area contributed by atoms with Crippen molar-refractivity contribution in [1.29, 1.82) is 0 Å². The zero-order chi connectivity index (χ0) is 44.8. The summed E-state index contributed by atoms with van der Waals surface area (Å²) in [4.78, 5) is 66.1. The molecule has 0 atom stereocenters. The number of aromatic nitrogens is 2. The minimum Gasteiger partial charge on any atom is -0.481 e. The molecule has 2 heterocycles. The van der Waals surface area contributed by atoms with Gasteiger partial charge in [0.1, 0.15) is 11.4 Å². The number of fused-ring (bicyclic) bond motifs is 4. The summed E-state index contributed by atoms with van der Waals surface area (Å²) in [5.41, 5.74) is 8.95. The normalized spacial score (nSPS) is 26.8. The molecule has 0 aliphatic heterocycles. The minimum atomic E-state index is -0.659. The molecule has 4 bridgehead atoms. The third-order valence-electron chi connectivity index (χ3n) is 17.0. The van der Waals surface area contributed by atoms with Gasteiger partial charge in [-0.25, -0.2) is 0 Å². The smallest absolute Gasteiger partial charge is 0.309 e. The third kappa shape index (κ3) is 7.30. The van der Waals surface area contributed by atoms with Gasteiger partial charge in [0.25, 0.3) is 11.8 Å². The Balaban J connectivity index is 0.825. The average Bonchev–Trinajstić information content (AvgIpc) is 4.17. The SMILES string of the molecule is Cc1c(NC(=O)c2cc(C3CC3)c(CN(C)C34CCC(C(=O)O)(CC3)C4)cn2)cccc1-c1cccc(NC(=O)c2cc(C3CC3)c(CN(C)C34CCC(C(=O)O)(CC3)C4)cn2)c1C. The molecule has 0 spiro atoms. The zero-order valence-corrected chi connectivity index (χ0v) is 37.6. The molecule has 4 aromatic rings. The Bertz CT molecular complexity index is 2400. The molecule has 2 aromatic heterocycles. The first-order valence-corrected chi connectivity index (χ1v) is 23.3. The van der Waals surface area contributed by atoms with Crippen molar-refractivity contribution in [1.82, 2.24) is 19.8 Å². The van der Waals surface area contributed by atoms with Crippen LogP contribution in [-0.2, 0) is 22.7 Å². The fraction of sp³-hybridized carbons (Fsp3) is 0.500. The second-order valence-electron chi connectivity index (χ2n) is 20.6. The lowest BCUT2D eigenvalue weighted by Crippen LogP contribution is -2.42. The largest absolute Gasteiger partial charge is 0.481 e. The number of aliphatic carboxylic acids is 2. The highest BCUT2D eigenvalue weighted by Gasteiger charge is 2.61. The average molecular weight is 865 g/mol. The van der Waals surface area contributed by atoms with Gasteiger partial charge in [-0.15, -0.1) is 0 Å². The van der Waals surface area contributed by atoms with Crippen molar-refractivity contribution in [3.63, 3.8) is 0 Å². The summed E-state index contributed by atoms with van der Waals surface area (Å²) in [6.07, 6.45) is 15.9. The maximum atomic E-state index is 13.9. The molecule has 2 aromatic carbocycles. The maximum Gasteiger partial charge on any atom is 0.309 e. The predicted molar refractivity (Wildman–Crippen MR) is 244 cm³/mol. The van der Waals surface area contributed by atoms with Gasteiger partial charge in [-0.3, -0.25) is 38.9 Å². The molecule has 4 N–H and O–H groups in total. The number of hydrogen-bond acceptors (Lipinski definition) is 8. The fourth-order valence-corrected chi connectivity index (χ4v) is 12.4. The number of carbonyl (C=O) groups excluding carboxylic acids is 2. The number of rotatable bonds is 15. The zero-order valence-electron chi connectivity index (χ0n) is 37.6. The van der Waals surface area contributed by atoms with E-state index >= 15 is 0 Å². The van der Waals surface area contributed by atoms with Crippen molar-refractivity contribution < 1.29 is 29.4 Å². The van der Waals surface area contributed by atoms with Gasteiger partial charge in [-0.05, 0) is 198 Å². The first kappa shape index (κ1) is 42.5. The van der Waals surface area contributed by atoms with Crippen LogP contribution in [0.2, 0.25) is 0 Å². The number of pyridine rings is 2. The number of anilines is 2. The molecule has 10 rings (SSSR count). The molecule has 6 fully saturated rings. The Labute approximate surface area is 375 Å². The molecule has 6 aliphatic rings. The highest BCUT2D eigenvalue weighted by atomic mass is 16.4. The molecule has 0 radical (unpaired) electrons. The Hall–Kier alpha value is -5.46.